The Labute approximate surface area is 123 Å². The fourth-order valence-corrected chi connectivity index (χ4v) is 3.14. The standard InChI is InChI=1S/C14H12FN3O2S/c1-2-20-9-5-7(15)3-4-8(9)12-11(19)10-13(21-12)14(16)18-6-17-10/h3-6,19H,2H2,1H3,(H2,16,17,18). The van der Waals surface area contributed by atoms with Gasteiger partial charge in [-0.15, -0.1) is 11.3 Å². The van der Waals surface area contributed by atoms with Gasteiger partial charge in [0.15, 0.2) is 5.75 Å². The van der Waals surface area contributed by atoms with Gasteiger partial charge in [-0.3, -0.25) is 0 Å². The quantitative estimate of drug-likeness (QED) is 0.776. The van der Waals surface area contributed by atoms with Crippen LogP contribution in [-0.2, 0) is 0 Å². The molecule has 5 nitrogen and oxygen atoms in total. The predicted octanol–water partition coefficient (Wildman–Crippen LogP) is 3.18. The van der Waals surface area contributed by atoms with Crippen LogP contribution in [0.1, 0.15) is 6.92 Å². The van der Waals surface area contributed by atoms with Crippen molar-refractivity contribution >= 4 is 27.4 Å². The zero-order chi connectivity index (χ0) is 15.0. The summed E-state index contributed by atoms with van der Waals surface area (Å²) in [5.41, 5.74) is 6.77. The number of nitrogens with zero attached hydrogens (tertiary/aromatic N) is 2. The zero-order valence-electron chi connectivity index (χ0n) is 11.1. The van der Waals surface area contributed by atoms with Crippen LogP contribution in [0, 0.1) is 5.82 Å². The summed E-state index contributed by atoms with van der Waals surface area (Å²) < 4.78 is 19.4. The van der Waals surface area contributed by atoms with E-state index in [1.165, 1.54) is 29.8 Å². The van der Waals surface area contributed by atoms with E-state index in [1.807, 2.05) is 6.92 Å². The van der Waals surface area contributed by atoms with Crippen molar-refractivity contribution in [3.63, 3.8) is 0 Å². The van der Waals surface area contributed by atoms with E-state index in [4.69, 9.17) is 10.5 Å². The van der Waals surface area contributed by atoms with Crippen LogP contribution < -0.4 is 10.5 Å². The molecule has 3 aromatic rings. The van der Waals surface area contributed by atoms with Crippen molar-refractivity contribution < 1.29 is 14.2 Å². The molecule has 0 amide bonds. The number of ether oxygens (including phenoxy) is 1. The number of benzene rings is 1. The first-order chi connectivity index (χ1) is 10.1. The zero-order valence-corrected chi connectivity index (χ0v) is 11.9. The maximum absolute atomic E-state index is 13.4. The lowest BCUT2D eigenvalue weighted by Crippen LogP contribution is -1.94. The molecule has 0 aliphatic carbocycles. The van der Waals surface area contributed by atoms with Crippen LogP contribution in [-0.4, -0.2) is 21.7 Å². The molecule has 2 aromatic heterocycles. The minimum atomic E-state index is -0.401. The molecule has 0 saturated carbocycles. The monoisotopic (exact) mass is 305 g/mol. The van der Waals surface area contributed by atoms with Gasteiger partial charge in [-0.1, -0.05) is 0 Å². The van der Waals surface area contributed by atoms with Gasteiger partial charge in [0.2, 0.25) is 0 Å². The minimum absolute atomic E-state index is 0.00309. The molecule has 3 N–H and O–H groups in total. The van der Waals surface area contributed by atoms with Crippen molar-refractivity contribution in [3.05, 3.63) is 30.3 Å². The number of hydrogen-bond acceptors (Lipinski definition) is 6. The summed E-state index contributed by atoms with van der Waals surface area (Å²) in [6, 6.07) is 4.17. The molecule has 7 heteroatoms. The van der Waals surface area contributed by atoms with Gasteiger partial charge in [0, 0.05) is 11.6 Å². The highest BCUT2D eigenvalue weighted by atomic mass is 32.1. The second-order valence-electron chi connectivity index (χ2n) is 4.29. The molecule has 0 aliphatic rings. The highest BCUT2D eigenvalue weighted by Gasteiger charge is 2.19. The summed E-state index contributed by atoms with van der Waals surface area (Å²) in [7, 11) is 0. The van der Waals surface area contributed by atoms with E-state index in [2.05, 4.69) is 9.97 Å². The lowest BCUT2D eigenvalue weighted by Gasteiger charge is -2.09. The number of fused-ring (bicyclic) bond motifs is 1. The Morgan fingerprint density at radius 3 is 2.90 bits per heavy atom. The summed E-state index contributed by atoms with van der Waals surface area (Å²) in [5, 5.41) is 10.3. The first-order valence-corrected chi connectivity index (χ1v) is 7.08. The highest BCUT2D eigenvalue weighted by Crippen LogP contribution is 2.46. The van der Waals surface area contributed by atoms with Crippen LogP contribution in [0.5, 0.6) is 11.5 Å². The lowest BCUT2D eigenvalue weighted by molar-refractivity contribution is 0.339. The van der Waals surface area contributed by atoms with Gasteiger partial charge < -0.3 is 15.6 Å². The van der Waals surface area contributed by atoms with Gasteiger partial charge in [-0.25, -0.2) is 14.4 Å². The van der Waals surface area contributed by atoms with E-state index in [9.17, 15) is 9.50 Å². The van der Waals surface area contributed by atoms with Crippen LogP contribution in [0.25, 0.3) is 20.7 Å². The van der Waals surface area contributed by atoms with Crippen molar-refractivity contribution in [2.75, 3.05) is 12.3 Å². The maximum atomic E-state index is 13.4. The van der Waals surface area contributed by atoms with Gasteiger partial charge in [-0.2, -0.15) is 0 Å². The summed E-state index contributed by atoms with van der Waals surface area (Å²) in [5.74, 6) is 0.260. The molecule has 0 unspecified atom stereocenters. The lowest BCUT2D eigenvalue weighted by atomic mass is 10.1. The van der Waals surface area contributed by atoms with Crippen molar-refractivity contribution in [3.8, 4) is 21.9 Å². The third kappa shape index (κ3) is 2.25. The second kappa shape index (κ2) is 5.17. The summed E-state index contributed by atoms with van der Waals surface area (Å²) in [4.78, 5) is 8.47. The molecule has 3 rings (SSSR count). The Hall–Kier alpha value is -2.41. The van der Waals surface area contributed by atoms with E-state index >= 15 is 0 Å². The molecule has 0 saturated heterocycles. The summed E-state index contributed by atoms with van der Waals surface area (Å²) >= 11 is 1.25. The topological polar surface area (TPSA) is 81.3 Å². The second-order valence-corrected chi connectivity index (χ2v) is 5.31. The Morgan fingerprint density at radius 2 is 2.19 bits per heavy atom. The molecule has 0 atom stereocenters. The molecule has 1 aromatic carbocycles. The largest absolute Gasteiger partial charge is 0.504 e. The number of thiophene rings is 1. The van der Waals surface area contributed by atoms with E-state index < -0.39 is 5.82 Å². The first kappa shape index (κ1) is 13.6. The first-order valence-electron chi connectivity index (χ1n) is 6.26. The maximum Gasteiger partial charge on any atom is 0.160 e. The van der Waals surface area contributed by atoms with Gasteiger partial charge in [0.25, 0.3) is 0 Å². The van der Waals surface area contributed by atoms with E-state index in [1.54, 1.807) is 6.07 Å². The van der Waals surface area contributed by atoms with Gasteiger partial charge in [0.1, 0.15) is 29.2 Å². The van der Waals surface area contributed by atoms with Crippen molar-refractivity contribution in [1.29, 1.82) is 0 Å². The van der Waals surface area contributed by atoms with Crippen LogP contribution in [0.15, 0.2) is 24.5 Å². The number of aromatic hydroxyl groups is 1. The van der Waals surface area contributed by atoms with Gasteiger partial charge >= 0.3 is 0 Å². The molecule has 0 bridgehead atoms. The number of anilines is 1. The number of aromatic nitrogens is 2. The predicted molar refractivity (Wildman–Crippen MR) is 80.1 cm³/mol. The fourth-order valence-electron chi connectivity index (χ4n) is 2.06. The van der Waals surface area contributed by atoms with Gasteiger partial charge in [-0.05, 0) is 19.1 Å². The Balaban J connectivity index is 2.25. The number of nitrogen functional groups attached to an aromatic ring is 1. The van der Waals surface area contributed by atoms with Crippen LogP contribution in [0.2, 0.25) is 0 Å². The average molecular weight is 305 g/mol. The molecule has 0 radical (unpaired) electrons. The van der Waals surface area contributed by atoms with Crippen LogP contribution in [0.4, 0.5) is 10.2 Å². The molecule has 0 aliphatic heterocycles. The molecular weight excluding hydrogens is 293 g/mol. The van der Waals surface area contributed by atoms with E-state index in [-0.39, 0.29) is 5.75 Å². The molecule has 21 heavy (non-hydrogen) atoms. The Morgan fingerprint density at radius 1 is 1.38 bits per heavy atom. The number of nitrogens with two attached hydrogens (primary N) is 1. The van der Waals surface area contributed by atoms with Crippen molar-refractivity contribution in [2.24, 2.45) is 0 Å². The molecule has 2 heterocycles. The molecule has 0 spiro atoms. The number of halogens is 1. The summed E-state index contributed by atoms with van der Waals surface area (Å²) in [6.45, 7) is 2.20. The summed E-state index contributed by atoms with van der Waals surface area (Å²) in [6.07, 6.45) is 1.29. The Kier molecular flexibility index (Phi) is 3.34. The fraction of sp³-hybridized carbons (Fsp3) is 0.143. The average Bonchev–Trinajstić information content (AvgIpc) is 2.79. The smallest absolute Gasteiger partial charge is 0.160 e. The SMILES string of the molecule is CCOc1cc(F)ccc1-c1sc2c(N)ncnc2c1O. The van der Waals surface area contributed by atoms with Crippen LogP contribution >= 0.6 is 11.3 Å². The molecular formula is C14H12FN3O2S. The number of hydrogen-bond donors (Lipinski definition) is 2. The molecule has 108 valence electrons. The number of rotatable bonds is 3. The van der Waals surface area contributed by atoms with E-state index in [0.717, 1.165) is 0 Å². The minimum Gasteiger partial charge on any atom is -0.504 e. The van der Waals surface area contributed by atoms with Crippen molar-refractivity contribution in [1.82, 2.24) is 9.97 Å². The normalized spacial score (nSPS) is 11.0. The highest BCUT2D eigenvalue weighted by molar-refractivity contribution is 7.23. The third-order valence-corrected chi connectivity index (χ3v) is 4.19. The van der Waals surface area contributed by atoms with Gasteiger partial charge in [0.05, 0.1) is 16.2 Å². The Bertz CT molecular complexity index is 819. The third-order valence-electron chi connectivity index (χ3n) is 2.96. The van der Waals surface area contributed by atoms with Crippen LogP contribution in [0.3, 0.4) is 0 Å². The molecule has 0 fully saturated rings. The van der Waals surface area contributed by atoms with Crippen molar-refractivity contribution in [2.45, 2.75) is 6.92 Å². The van der Waals surface area contributed by atoms with E-state index in [0.29, 0.717) is 38.8 Å².